The van der Waals surface area contributed by atoms with Crippen molar-refractivity contribution in [1.29, 1.82) is 0 Å². The molecule has 0 bridgehead atoms. The van der Waals surface area contributed by atoms with Gasteiger partial charge in [0.15, 0.2) is 0 Å². The van der Waals surface area contributed by atoms with Gasteiger partial charge in [-0.3, -0.25) is 10.1 Å². The van der Waals surface area contributed by atoms with Crippen LogP contribution >= 0.6 is 0 Å². The van der Waals surface area contributed by atoms with E-state index in [2.05, 4.69) is 29.6 Å². The third kappa shape index (κ3) is 3.24. The molecule has 0 radical (unpaired) electrons. The highest BCUT2D eigenvalue weighted by atomic mass is 16.6. The first-order valence-corrected chi connectivity index (χ1v) is 8.90. The fourth-order valence-electron chi connectivity index (χ4n) is 3.82. The van der Waals surface area contributed by atoms with E-state index in [1.165, 1.54) is 13.2 Å². The molecule has 2 atom stereocenters. The SMILES string of the molecule is COc1cc2c(c([N+](=O)[O-])c1)N[C@@H](c1ccccc1)C[C@@H]2c1ccccc1. The molecule has 0 aromatic heterocycles. The van der Waals surface area contributed by atoms with Gasteiger partial charge in [-0.1, -0.05) is 60.7 Å². The number of nitrogens with one attached hydrogen (secondary N) is 1. The van der Waals surface area contributed by atoms with Crippen LogP contribution in [0, 0.1) is 10.1 Å². The third-order valence-corrected chi connectivity index (χ3v) is 5.12. The second kappa shape index (κ2) is 7.11. The molecule has 4 rings (SSSR count). The van der Waals surface area contributed by atoms with Crippen LogP contribution in [0.2, 0.25) is 0 Å². The summed E-state index contributed by atoms with van der Waals surface area (Å²) in [4.78, 5) is 11.4. The first-order chi connectivity index (χ1) is 13.2. The average molecular weight is 360 g/mol. The lowest BCUT2D eigenvalue weighted by Gasteiger charge is -2.34. The molecule has 0 saturated heterocycles. The predicted molar refractivity (Wildman–Crippen MR) is 105 cm³/mol. The normalized spacial score (nSPS) is 18.3. The molecule has 136 valence electrons. The zero-order valence-corrected chi connectivity index (χ0v) is 15.0. The van der Waals surface area contributed by atoms with E-state index in [9.17, 15) is 10.1 Å². The lowest BCUT2D eigenvalue weighted by molar-refractivity contribution is -0.384. The molecule has 3 aromatic rings. The Morgan fingerprint density at radius 2 is 1.63 bits per heavy atom. The third-order valence-electron chi connectivity index (χ3n) is 5.12. The molecule has 1 N–H and O–H groups in total. The number of nitrogens with zero attached hydrogens (tertiary/aromatic N) is 1. The first-order valence-electron chi connectivity index (χ1n) is 8.90. The van der Waals surface area contributed by atoms with Crippen molar-refractivity contribution in [2.45, 2.75) is 18.4 Å². The van der Waals surface area contributed by atoms with Crippen LogP contribution in [0.4, 0.5) is 11.4 Å². The number of anilines is 1. The van der Waals surface area contributed by atoms with E-state index in [1.54, 1.807) is 0 Å². The van der Waals surface area contributed by atoms with Crippen LogP contribution in [0.1, 0.15) is 35.1 Å². The van der Waals surface area contributed by atoms with Gasteiger partial charge in [0.1, 0.15) is 11.4 Å². The monoisotopic (exact) mass is 360 g/mol. The molecular formula is C22H20N2O3. The summed E-state index contributed by atoms with van der Waals surface area (Å²) in [5.74, 6) is 0.544. The van der Waals surface area contributed by atoms with Gasteiger partial charge in [0.05, 0.1) is 24.1 Å². The van der Waals surface area contributed by atoms with Crippen molar-refractivity contribution < 1.29 is 9.66 Å². The molecule has 0 amide bonds. The van der Waals surface area contributed by atoms with Crippen molar-refractivity contribution in [3.8, 4) is 5.75 Å². The van der Waals surface area contributed by atoms with Gasteiger partial charge in [-0.15, -0.1) is 0 Å². The molecule has 0 fully saturated rings. The highest BCUT2D eigenvalue weighted by molar-refractivity contribution is 5.73. The molecular weight excluding hydrogens is 340 g/mol. The Bertz CT molecular complexity index is 958. The van der Waals surface area contributed by atoms with Crippen LogP contribution in [-0.4, -0.2) is 12.0 Å². The summed E-state index contributed by atoms with van der Waals surface area (Å²) in [6.07, 6.45) is 0.811. The van der Waals surface area contributed by atoms with Crippen molar-refractivity contribution in [3.05, 3.63) is 99.6 Å². The smallest absolute Gasteiger partial charge is 0.296 e. The minimum Gasteiger partial charge on any atom is -0.496 e. The molecule has 5 nitrogen and oxygen atoms in total. The van der Waals surface area contributed by atoms with Gasteiger partial charge in [-0.25, -0.2) is 0 Å². The molecule has 27 heavy (non-hydrogen) atoms. The van der Waals surface area contributed by atoms with Crippen LogP contribution in [0.3, 0.4) is 0 Å². The van der Waals surface area contributed by atoms with Gasteiger partial charge in [-0.05, 0) is 29.2 Å². The number of nitro benzene ring substituents is 1. The van der Waals surface area contributed by atoms with Crippen LogP contribution in [-0.2, 0) is 0 Å². The van der Waals surface area contributed by atoms with Gasteiger partial charge in [-0.2, -0.15) is 0 Å². The minimum absolute atomic E-state index is 0.00370. The number of rotatable bonds is 4. The Morgan fingerprint density at radius 1 is 1.00 bits per heavy atom. The summed E-state index contributed by atoms with van der Waals surface area (Å²) in [5.41, 5.74) is 3.79. The quantitative estimate of drug-likeness (QED) is 0.507. The molecule has 0 unspecified atom stereocenters. The first kappa shape index (κ1) is 17.1. The summed E-state index contributed by atoms with van der Waals surface area (Å²) in [5, 5.41) is 15.2. The Balaban J connectivity index is 1.89. The van der Waals surface area contributed by atoms with Crippen LogP contribution in [0.25, 0.3) is 0 Å². The fourth-order valence-corrected chi connectivity index (χ4v) is 3.82. The van der Waals surface area contributed by atoms with Crippen LogP contribution in [0.15, 0.2) is 72.8 Å². The summed E-state index contributed by atoms with van der Waals surface area (Å²) in [7, 11) is 1.53. The molecule has 3 aromatic carbocycles. The van der Waals surface area contributed by atoms with Crippen LogP contribution in [0.5, 0.6) is 5.75 Å². The Labute approximate surface area is 157 Å². The number of hydrogen-bond acceptors (Lipinski definition) is 4. The molecule has 5 heteroatoms. The lowest BCUT2D eigenvalue weighted by atomic mass is 9.80. The van der Waals surface area contributed by atoms with Gasteiger partial charge in [0, 0.05) is 5.92 Å². The Morgan fingerprint density at radius 3 is 2.22 bits per heavy atom. The van der Waals surface area contributed by atoms with Crippen molar-refractivity contribution in [3.63, 3.8) is 0 Å². The maximum Gasteiger partial charge on any atom is 0.296 e. The number of hydrogen-bond donors (Lipinski definition) is 1. The minimum atomic E-state index is -0.343. The highest BCUT2D eigenvalue weighted by Crippen LogP contribution is 2.48. The highest BCUT2D eigenvalue weighted by Gasteiger charge is 2.34. The number of benzene rings is 3. The number of ether oxygens (including phenoxy) is 1. The summed E-state index contributed by atoms with van der Waals surface area (Å²) in [6.45, 7) is 0. The second-order valence-corrected chi connectivity index (χ2v) is 6.67. The molecule has 1 heterocycles. The predicted octanol–water partition coefficient (Wildman–Crippen LogP) is 5.29. The molecule has 1 aliphatic heterocycles. The molecule has 0 aliphatic carbocycles. The Kier molecular flexibility index (Phi) is 4.50. The summed E-state index contributed by atoms with van der Waals surface area (Å²) in [6, 6.07) is 23.6. The average Bonchev–Trinajstić information content (AvgIpc) is 2.73. The van der Waals surface area contributed by atoms with Gasteiger partial charge in [0.2, 0.25) is 0 Å². The molecule has 0 saturated carbocycles. The fraction of sp³-hybridized carbons (Fsp3) is 0.182. The lowest BCUT2D eigenvalue weighted by Crippen LogP contribution is -2.23. The van der Waals surface area contributed by atoms with Gasteiger partial charge >= 0.3 is 0 Å². The van der Waals surface area contributed by atoms with E-state index in [0.29, 0.717) is 11.4 Å². The topological polar surface area (TPSA) is 64.4 Å². The zero-order chi connectivity index (χ0) is 18.8. The van der Waals surface area contributed by atoms with E-state index in [4.69, 9.17) is 4.74 Å². The summed E-state index contributed by atoms with van der Waals surface area (Å²) < 4.78 is 5.33. The molecule has 1 aliphatic rings. The molecule has 0 spiro atoms. The standard InChI is InChI=1S/C22H20N2O3/c1-27-17-12-19-18(15-8-4-2-5-9-15)14-20(16-10-6-3-7-11-16)23-22(19)21(13-17)24(25)26/h2-13,18,20,23H,14H2,1H3/t18-,20-/m1/s1. The maximum absolute atomic E-state index is 11.7. The van der Waals surface area contributed by atoms with Crippen LogP contribution < -0.4 is 10.1 Å². The van der Waals surface area contributed by atoms with Crippen molar-refractivity contribution >= 4 is 11.4 Å². The number of nitro groups is 1. The number of methoxy groups -OCH3 is 1. The van der Waals surface area contributed by atoms with E-state index >= 15 is 0 Å². The number of fused-ring (bicyclic) bond motifs is 1. The van der Waals surface area contributed by atoms with E-state index in [0.717, 1.165) is 23.1 Å². The Hall–Kier alpha value is -3.34. The van der Waals surface area contributed by atoms with Crippen molar-refractivity contribution in [2.24, 2.45) is 0 Å². The maximum atomic E-state index is 11.7. The summed E-state index contributed by atoms with van der Waals surface area (Å²) >= 11 is 0. The van der Waals surface area contributed by atoms with E-state index in [-0.39, 0.29) is 22.6 Å². The zero-order valence-electron chi connectivity index (χ0n) is 15.0. The van der Waals surface area contributed by atoms with Crippen molar-refractivity contribution in [2.75, 3.05) is 12.4 Å². The largest absolute Gasteiger partial charge is 0.496 e. The van der Waals surface area contributed by atoms with Gasteiger partial charge in [0.25, 0.3) is 5.69 Å². The van der Waals surface area contributed by atoms with E-state index in [1.807, 2.05) is 42.5 Å². The second-order valence-electron chi connectivity index (χ2n) is 6.67. The van der Waals surface area contributed by atoms with E-state index < -0.39 is 0 Å². The van der Waals surface area contributed by atoms with Gasteiger partial charge < -0.3 is 10.1 Å². The van der Waals surface area contributed by atoms with Crippen molar-refractivity contribution in [1.82, 2.24) is 0 Å².